The molecule has 6 heteroatoms. The molecule has 0 amide bonds. The number of nitrogens with zero attached hydrogens (tertiary/aromatic N) is 1. The SMILES string of the molecule is CCCc1nc(SC)[nH]c(=O)c1Cc1ccc(O)cc1O. The first-order valence-electron chi connectivity index (χ1n) is 6.72. The van der Waals surface area contributed by atoms with Crippen molar-refractivity contribution >= 4 is 11.8 Å². The molecule has 0 aliphatic rings. The fraction of sp³-hybridized carbons (Fsp3) is 0.333. The molecular weight excluding hydrogens is 288 g/mol. The Balaban J connectivity index is 2.45. The normalized spacial score (nSPS) is 10.8. The van der Waals surface area contributed by atoms with E-state index in [-0.39, 0.29) is 17.1 Å². The third kappa shape index (κ3) is 3.58. The summed E-state index contributed by atoms with van der Waals surface area (Å²) in [5.41, 5.74) is 1.74. The second-order valence-corrected chi connectivity index (χ2v) is 5.54. The second-order valence-electron chi connectivity index (χ2n) is 4.74. The molecule has 2 aromatic rings. The minimum absolute atomic E-state index is 0.00482. The van der Waals surface area contributed by atoms with Crippen molar-refractivity contribution in [3.63, 3.8) is 0 Å². The van der Waals surface area contributed by atoms with Crippen LogP contribution < -0.4 is 5.56 Å². The Morgan fingerprint density at radius 2 is 2.10 bits per heavy atom. The Labute approximate surface area is 127 Å². The molecule has 21 heavy (non-hydrogen) atoms. The molecule has 1 heterocycles. The van der Waals surface area contributed by atoms with Crippen molar-refractivity contribution in [1.82, 2.24) is 9.97 Å². The molecule has 0 spiro atoms. The van der Waals surface area contributed by atoms with Crippen LogP contribution in [0, 0.1) is 0 Å². The van der Waals surface area contributed by atoms with Gasteiger partial charge >= 0.3 is 0 Å². The minimum Gasteiger partial charge on any atom is -0.508 e. The Morgan fingerprint density at radius 1 is 1.33 bits per heavy atom. The standard InChI is InChI=1S/C15H18N2O3S/c1-3-4-12-11(14(20)17-15(16-12)21-2)7-9-5-6-10(18)8-13(9)19/h5-6,8,18-19H,3-4,7H2,1-2H3,(H,16,17,20). The van der Waals surface area contributed by atoms with Crippen LogP contribution >= 0.6 is 11.8 Å². The maximum Gasteiger partial charge on any atom is 0.255 e. The van der Waals surface area contributed by atoms with Crippen LogP contribution in [0.3, 0.4) is 0 Å². The highest BCUT2D eigenvalue weighted by atomic mass is 32.2. The summed E-state index contributed by atoms with van der Waals surface area (Å²) in [7, 11) is 0. The summed E-state index contributed by atoms with van der Waals surface area (Å²) in [6.07, 6.45) is 3.75. The van der Waals surface area contributed by atoms with Gasteiger partial charge in [-0.1, -0.05) is 31.2 Å². The van der Waals surface area contributed by atoms with Gasteiger partial charge in [0.1, 0.15) is 11.5 Å². The van der Waals surface area contributed by atoms with E-state index < -0.39 is 0 Å². The van der Waals surface area contributed by atoms with E-state index in [1.807, 2.05) is 13.2 Å². The van der Waals surface area contributed by atoms with Gasteiger partial charge < -0.3 is 15.2 Å². The monoisotopic (exact) mass is 306 g/mol. The van der Waals surface area contributed by atoms with E-state index in [4.69, 9.17) is 0 Å². The van der Waals surface area contributed by atoms with E-state index in [9.17, 15) is 15.0 Å². The van der Waals surface area contributed by atoms with Gasteiger partial charge in [-0.3, -0.25) is 4.79 Å². The lowest BCUT2D eigenvalue weighted by Crippen LogP contribution is -2.19. The van der Waals surface area contributed by atoms with E-state index in [2.05, 4.69) is 9.97 Å². The fourth-order valence-electron chi connectivity index (χ4n) is 2.14. The molecule has 1 aromatic carbocycles. The van der Waals surface area contributed by atoms with E-state index >= 15 is 0 Å². The van der Waals surface area contributed by atoms with Gasteiger partial charge in [0.25, 0.3) is 5.56 Å². The average Bonchev–Trinajstić information content (AvgIpc) is 2.44. The third-order valence-electron chi connectivity index (χ3n) is 3.20. The molecule has 2 rings (SSSR count). The number of aryl methyl sites for hydroxylation is 1. The maximum atomic E-state index is 12.2. The molecule has 0 saturated carbocycles. The van der Waals surface area contributed by atoms with Crippen molar-refractivity contribution in [3.05, 3.63) is 45.4 Å². The quantitative estimate of drug-likeness (QED) is 0.583. The topological polar surface area (TPSA) is 86.2 Å². The number of nitrogens with one attached hydrogen (secondary N) is 1. The van der Waals surface area contributed by atoms with E-state index in [0.29, 0.717) is 29.1 Å². The highest BCUT2D eigenvalue weighted by Gasteiger charge is 2.13. The number of benzene rings is 1. The largest absolute Gasteiger partial charge is 0.508 e. The molecule has 0 fully saturated rings. The van der Waals surface area contributed by atoms with Crippen molar-refractivity contribution < 1.29 is 10.2 Å². The lowest BCUT2D eigenvalue weighted by atomic mass is 10.0. The van der Waals surface area contributed by atoms with Gasteiger partial charge in [0.15, 0.2) is 5.16 Å². The molecule has 1 aromatic heterocycles. The van der Waals surface area contributed by atoms with Gasteiger partial charge in [0.05, 0.1) is 5.69 Å². The van der Waals surface area contributed by atoms with Crippen LogP contribution in [0.25, 0.3) is 0 Å². The first-order chi connectivity index (χ1) is 10.0. The summed E-state index contributed by atoms with van der Waals surface area (Å²) < 4.78 is 0. The maximum absolute atomic E-state index is 12.2. The average molecular weight is 306 g/mol. The Bertz CT molecular complexity index is 698. The van der Waals surface area contributed by atoms with Crippen molar-refractivity contribution in [2.24, 2.45) is 0 Å². The molecule has 0 atom stereocenters. The molecule has 0 bridgehead atoms. The zero-order chi connectivity index (χ0) is 15.4. The summed E-state index contributed by atoms with van der Waals surface area (Å²) in [4.78, 5) is 19.4. The van der Waals surface area contributed by atoms with Crippen molar-refractivity contribution in [3.8, 4) is 11.5 Å². The number of aromatic hydroxyl groups is 2. The number of phenols is 2. The van der Waals surface area contributed by atoms with Crippen LogP contribution in [0.15, 0.2) is 28.2 Å². The van der Waals surface area contributed by atoms with Gasteiger partial charge in [0, 0.05) is 18.1 Å². The molecule has 5 nitrogen and oxygen atoms in total. The minimum atomic E-state index is -0.176. The number of H-pyrrole nitrogens is 1. The van der Waals surface area contributed by atoms with Crippen LogP contribution in [0.2, 0.25) is 0 Å². The second kappa shape index (κ2) is 6.67. The summed E-state index contributed by atoms with van der Waals surface area (Å²) in [6, 6.07) is 4.38. The summed E-state index contributed by atoms with van der Waals surface area (Å²) in [5, 5.41) is 19.8. The van der Waals surface area contributed by atoms with Crippen LogP contribution in [0.1, 0.15) is 30.2 Å². The summed E-state index contributed by atoms with van der Waals surface area (Å²) >= 11 is 1.39. The number of aromatic amines is 1. The molecule has 0 saturated heterocycles. The zero-order valence-electron chi connectivity index (χ0n) is 12.0. The van der Waals surface area contributed by atoms with Gasteiger partial charge in [-0.05, 0) is 24.3 Å². The smallest absolute Gasteiger partial charge is 0.255 e. The Hall–Kier alpha value is -1.95. The number of thioether (sulfide) groups is 1. The zero-order valence-corrected chi connectivity index (χ0v) is 12.8. The Morgan fingerprint density at radius 3 is 2.71 bits per heavy atom. The van der Waals surface area contributed by atoms with Gasteiger partial charge in [0.2, 0.25) is 0 Å². The lowest BCUT2D eigenvalue weighted by Gasteiger charge is -2.10. The number of rotatable bonds is 5. The van der Waals surface area contributed by atoms with Gasteiger partial charge in [-0.2, -0.15) is 0 Å². The molecular formula is C15H18N2O3S. The van der Waals surface area contributed by atoms with E-state index in [1.165, 1.54) is 23.9 Å². The highest BCUT2D eigenvalue weighted by Crippen LogP contribution is 2.25. The number of hydrogen-bond acceptors (Lipinski definition) is 5. The highest BCUT2D eigenvalue weighted by molar-refractivity contribution is 7.98. The van der Waals surface area contributed by atoms with E-state index in [0.717, 1.165) is 12.1 Å². The lowest BCUT2D eigenvalue weighted by molar-refractivity contribution is 0.446. The predicted octanol–water partition coefficient (Wildman–Crippen LogP) is 2.45. The molecule has 0 radical (unpaired) electrons. The van der Waals surface area contributed by atoms with Crippen LogP contribution in [-0.2, 0) is 12.8 Å². The molecule has 112 valence electrons. The molecule has 3 N–H and O–H groups in total. The number of aromatic nitrogens is 2. The molecule has 0 aliphatic carbocycles. The van der Waals surface area contributed by atoms with Gasteiger partial charge in [-0.15, -0.1) is 0 Å². The van der Waals surface area contributed by atoms with Crippen LogP contribution in [0.4, 0.5) is 0 Å². The fourth-order valence-corrected chi connectivity index (χ4v) is 2.53. The van der Waals surface area contributed by atoms with Gasteiger partial charge in [-0.25, -0.2) is 4.98 Å². The Kier molecular flexibility index (Phi) is 4.90. The van der Waals surface area contributed by atoms with Crippen molar-refractivity contribution in [2.75, 3.05) is 6.26 Å². The van der Waals surface area contributed by atoms with Crippen LogP contribution in [0.5, 0.6) is 11.5 Å². The first kappa shape index (κ1) is 15.4. The van der Waals surface area contributed by atoms with Crippen molar-refractivity contribution in [2.45, 2.75) is 31.3 Å². The first-order valence-corrected chi connectivity index (χ1v) is 7.94. The summed E-state index contributed by atoms with van der Waals surface area (Å²) in [5.74, 6) is -0.0272. The van der Waals surface area contributed by atoms with E-state index in [1.54, 1.807) is 6.07 Å². The number of phenolic OH excluding ortho intramolecular Hbond substituents is 2. The summed E-state index contributed by atoms with van der Waals surface area (Å²) in [6.45, 7) is 2.03. The number of hydrogen-bond donors (Lipinski definition) is 3. The third-order valence-corrected chi connectivity index (χ3v) is 3.78. The molecule has 0 unspecified atom stereocenters. The predicted molar refractivity (Wildman–Crippen MR) is 83.2 cm³/mol. The molecule has 0 aliphatic heterocycles. The van der Waals surface area contributed by atoms with Crippen molar-refractivity contribution in [1.29, 1.82) is 0 Å². The van der Waals surface area contributed by atoms with Crippen LogP contribution in [-0.4, -0.2) is 26.4 Å².